The van der Waals surface area contributed by atoms with Gasteiger partial charge in [-0.3, -0.25) is 4.72 Å². The van der Waals surface area contributed by atoms with Gasteiger partial charge in [-0.25, -0.2) is 13.2 Å². The average Bonchev–Trinajstić information content (AvgIpc) is 3.15. The normalized spacial score (nSPS) is 15.4. The fraction of sp³-hybridized carbons (Fsp3) is 0.250. The molecular weight excluding hydrogens is 304 g/mol. The van der Waals surface area contributed by atoms with Crippen LogP contribution in [0.25, 0.3) is 10.9 Å². The lowest BCUT2D eigenvalue weighted by atomic mass is 10.2. The van der Waals surface area contributed by atoms with Gasteiger partial charge in [-0.1, -0.05) is 11.6 Å². The third-order valence-electron chi connectivity index (χ3n) is 3.18. The molecule has 3 N–H and O–H groups in total. The number of aromatic nitrogens is 1. The molecule has 0 bridgehead atoms. The second kappa shape index (κ2) is 4.39. The minimum Gasteiger partial charge on any atom is -0.477 e. The third-order valence-corrected chi connectivity index (χ3v) is 5.25. The number of nitrogens with one attached hydrogen (secondary N) is 2. The monoisotopic (exact) mass is 314 g/mol. The number of rotatable bonds is 4. The molecule has 1 aliphatic rings. The van der Waals surface area contributed by atoms with Crippen molar-refractivity contribution in [3.05, 3.63) is 28.9 Å². The number of anilines is 1. The van der Waals surface area contributed by atoms with Crippen LogP contribution in [0.2, 0.25) is 5.02 Å². The van der Waals surface area contributed by atoms with Gasteiger partial charge in [0.05, 0.1) is 10.9 Å². The number of aromatic carboxylic acids is 1. The number of carboxylic acid groups (broad SMARTS) is 1. The number of hydrogen-bond donors (Lipinski definition) is 3. The molecule has 3 rings (SSSR count). The molecule has 8 heteroatoms. The highest BCUT2D eigenvalue weighted by molar-refractivity contribution is 7.93. The third kappa shape index (κ3) is 2.23. The van der Waals surface area contributed by atoms with E-state index < -0.39 is 21.2 Å². The van der Waals surface area contributed by atoms with Crippen LogP contribution in [0, 0.1) is 0 Å². The zero-order valence-corrected chi connectivity index (χ0v) is 11.8. The van der Waals surface area contributed by atoms with Crippen LogP contribution < -0.4 is 4.72 Å². The first-order chi connectivity index (χ1) is 9.38. The molecule has 1 aromatic carbocycles. The van der Waals surface area contributed by atoms with Gasteiger partial charge in [-0.2, -0.15) is 0 Å². The van der Waals surface area contributed by atoms with Gasteiger partial charge in [-0.05, 0) is 31.0 Å². The maximum absolute atomic E-state index is 12.0. The highest BCUT2D eigenvalue weighted by atomic mass is 35.5. The van der Waals surface area contributed by atoms with E-state index in [9.17, 15) is 18.3 Å². The van der Waals surface area contributed by atoms with E-state index >= 15 is 0 Å². The Kier molecular flexibility index (Phi) is 2.91. The molecule has 6 nitrogen and oxygen atoms in total. The minimum absolute atomic E-state index is 0.0434. The van der Waals surface area contributed by atoms with Crippen molar-refractivity contribution in [3.63, 3.8) is 0 Å². The molecule has 0 unspecified atom stereocenters. The molecule has 0 atom stereocenters. The first-order valence-corrected chi connectivity index (χ1v) is 7.87. The molecule has 1 fully saturated rings. The van der Waals surface area contributed by atoms with Crippen molar-refractivity contribution in [1.82, 2.24) is 4.98 Å². The second-order valence-electron chi connectivity index (χ2n) is 4.72. The van der Waals surface area contributed by atoms with Gasteiger partial charge >= 0.3 is 5.97 Å². The van der Waals surface area contributed by atoms with Gasteiger partial charge in [0, 0.05) is 15.9 Å². The van der Waals surface area contributed by atoms with Gasteiger partial charge in [0.15, 0.2) is 0 Å². The topological polar surface area (TPSA) is 99.3 Å². The molecular formula is C12H11ClN2O4S. The number of benzene rings is 1. The predicted octanol–water partition coefficient (Wildman–Crippen LogP) is 2.42. The summed E-state index contributed by atoms with van der Waals surface area (Å²) in [4.78, 5) is 13.9. The van der Waals surface area contributed by atoms with E-state index in [-0.39, 0.29) is 11.4 Å². The van der Waals surface area contributed by atoms with Crippen molar-refractivity contribution in [2.75, 3.05) is 4.72 Å². The fourth-order valence-electron chi connectivity index (χ4n) is 2.03. The Morgan fingerprint density at radius 2 is 2.10 bits per heavy atom. The van der Waals surface area contributed by atoms with Crippen molar-refractivity contribution >= 4 is 44.2 Å². The van der Waals surface area contributed by atoms with Crippen molar-refractivity contribution in [2.45, 2.75) is 18.1 Å². The van der Waals surface area contributed by atoms with Crippen LogP contribution in [0.4, 0.5) is 5.69 Å². The van der Waals surface area contributed by atoms with Crippen LogP contribution in [-0.4, -0.2) is 29.7 Å². The minimum atomic E-state index is -3.55. The van der Waals surface area contributed by atoms with Crippen LogP contribution in [-0.2, 0) is 10.0 Å². The number of halogens is 1. The summed E-state index contributed by atoms with van der Waals surface area (Å²) in [7, 11) is -3.55. The molecule has 0 spiro atoms. The number of H-pyrrole nitrogens is 1. The summed E-state index contributed by atoms with van der Waals surface area (Å²) in [5.41, 5.74) is 0.369. The lowest BCUT2D eigenvalue weighted by molar-refractivity contribution is 0.0692. The SMILES string of the molecule is O=C(O)c1[nH]c2ccc(Cl)cc2c1NS(=O)(=O)C1CC1. The highest BCUT2D eigenvalue weighted by Gasteiger charge is 2.37. The van der Waals surface area contributed by atoms with Crippen molar-refractivity contribution in [1.29, 1.82) is 0 Å². The van der Waals surface area contributed by atoms with E-state index in [1.54, 1.807) is 12.1 Å². The molecule has 1 aliphatic carbocycles. The van der Waals surface area contributed by atoms with Crippen LogP contribution >= 0.6 is 11.6 Å². The predicted molar refractivity (Wildman–Crippen MR) is 75.8 cm³/mol. The molecule has 20 heavy (non-hydrogen) atoms. The van der Waals surface area contributed by atoms with E-state index in [0.717, 1.165) is 0 Å². The maximum atomic E-state index is 12.0. The van der Waals surface area contributed by atoms with E-state index in [1.807, 2.05) is 0 Å². The van der Waals surface area contributed by atoms with Gasteiger partial charge in [0.2, 0.25) is 10.0 Å². The summed E-state index contributed by atoms with van der Waals surface area (Å²) in [5, 5.41) is 9.60. The Bertz CT molecular complexity index is 808. The second-order valence-corrected chi connectivity index (χ2v) is 7.11. The number of aromatic amines is 1. The molecule has 0 radical (unpaired) electrons. The molecule has 0 aliphatic heterocycles. The van der Waals surface area contributed by atoms with Gasteiger partial charge in [-0.15, -0.1) is 0 Å². The first-order valence-electron chi connectivity index (χ1n) is 5.94. The Labute approximate surface area is 119 Å². The Morgan fingerprint density at radius 3 is 2.70 bits per heavy atom. The molecule has 106 valence electrons. The first kappa shape index (κ1) is 13.3. The molecule has 1 aromatic heterocycles. The number of hydrogen-bond acceptors (Lipinski definition) is 3. The maximum Gasteiger partial charge on any atom is 0.354 e. The van der Waals surface area contributed by atoms with Crippen LogP contribution in [0.3, 0.4) is 0 Å². The molecule has 0 amide bonds. The molecule has 2 aromatic rings. The van der Waals surface area contributed by atoms with Crippen LogP contribution in [0.5, 0.6) is 0 Å². The molecule has 1 heterocycles. The van der Waals surface area contributed by atoms with E-state index in [1.165, 1.54) is 6.07 Å². The van der Waals surface area contributed by atoms with E-state index in [2.05, 4.69) is 9.71 Å². The van der Waals surface area contributed by atoms with E-state index in [0.29, 0.717) is 28.8 Å². The number of carboxylic acids is 1. The van der Waals surface area contributed by atoms with Crippen LogP contribution in [0.15, 0.2) is 18.2 Å². The smallest absolute Gasteiger partial charge is 0.354 e. The Balaban J connectivity index is 2.18. The summed E-state index contributed by atoms with van der Waals surface area (Å²) in [5.74, 6) is -1.23. The quantitative estimate of drug-likeness (QED) is 0.807. The molecule has 1 saturated carbocycles. The van der Waals surface area contributed by atoms with Crippen molar-refractivity contribution in [3.8, 4) is 0 Å². The Morgan fingerprint density at radius 1 is 1.40 bits per heavy atom. The van der Waals surface area contributed by atoms with Gasteiger partial charge < -0.3 is 10.1 Å². The zero-order chi connectivity index (χ0) is 14.5. The number of sulfonamides is 1. The fourth-order valence-corrected chi connectivity index (χ4v) is 3.63. The lowest BCUT2D eigenvalue weighted by Gasteiger charge is -2.07. The largest absolute Gasteiger partial charge is 0.477 e. The van der Waals surface area contributed by atoms with Gasteiger partial charge in [0.25, 0.3) is 0 Å². The van der Waals surface area contributed by atoms with Crippen molar-refractivity contribution in [2.24, 2.45) is 0 Å². The summed E-state index contributed by atoms with van der Waals surface area (Å²) < 4.78 is 26.4. The summed E-state index contributed by atoms with van der Waals surface area (Å²) in [6.45, 7) is 0. The Hall–Kier alpha value is -1.73. The zero-order valence-electron chi connectivity index (χ0n) is 10.2. The van der Waals surface area contributed by atoms with Crippen LogP contribution in [0.1, 0.15) is 23.3 Å². The van der Waals surface area contributed by atoms with Crippen molar-refractivity contribution < 1.29 is 18.3 Å². The summed E-state index contributed by atoms with van der Waals surface area (Å²) >= 11 is 5.89. The lowest BCUT2D eigenvalue weighted by Crippen LogP contribution is -2.18. The summed E-state index contributed by atoms with van der Waals surface area (Å²) in [6.07, 6.45) is 1.20. The average molecular weight is 315 g/mol. The number of carbonyl (C=O) groups is 1. The number of fused-ring (bicyclic) bond motifs is 1. The van der Waals surface area contributed by atoms with Gasteiger partial charge in [0.1, 0.15) is 5.69 Å². The highest BCUT2D eigenvalue weighted by Crippen LogP contribution is 2.35. The molecule has 0 saturated heterocycles. The summed E-state index contributed by atoms with van der Waals surface area (Å²) in [6, 6.07) is 4.74. The standard InChI is InChI=1S/C12H11ClN2O4S/c13-6-1-4-9-8(5-6)10(11(14-9)12(16)17)15-20(18,19)7-2-3-7/h1,4-5,7,14-15H,2-3H2,(H,16,17). The van der Waals surface area contributed by atoms with E-state index in [4.69, 9.17) is 11.6 Å².